The quantitative estimate of drug-likeness (QED) is 0.846. The van der Waals surface area contributed by atoms with Crippen LogP contribution >= 0.6 is 0 Å². The molecule has 0 aliphatic rings. The van der Waals surface area contributed by atoms with Gasteiger partial charge in [-0.25, -0.2) is 8.78 Å². The molecule has 0 aromatic heterocycles. The largest absolute Gasteiger partial charge is 0.349 e. The van der Waals surface area contributed by atoms with Gasteiger partial charge in [0.1, 0.15) is 11.6 Å². The van der Waals surface area contributed by atoms with E-state index in [1.54, 1.807) is 27.7 Å². The standard InChI is InChI=1S/C13H17F2NO/c1-8(16-12(17)13(2,3)4)10-6-5-9(14)7-11(10)15/h5-8H,1-4H3,(H,16,17). The van der Waals surface area contributed by atoms with Gasteiger partial charge in [0, 0.05) is 17.0 Å². The van der Waals surface area contributed by atoms with E-state index in [-0.39, 0.29) is 11.5 Å². The van der Waals surface area contributed by atoms with Crippen LogP contribution in [0.3, 0.4) is 0 Å². The molecular weight excluding hydrogens is 224 g/mol. The van der Waals surface area contributed by atoms with Crippen LogP contribution in [0.25, 0.3) is 0 Å². The molecule has 0 fully saturated rings. The minimum absolute atomic E-state index is 0.172. The highest BCUT2D eigenvalue weighted by molar-refractivity contribution is 5.81. The number of hydrogen-bond donors (Lipinski definition) is 1. The highest BCUT2D eigenvalue weighted by Crippen LogP contribution is 2.20. The molecule has 94 valence electrons. The summed E-state index contributed by atoms with van der Waals surface area (Å²) >= 11 is 0. The predicted molar refractivity (Wildman–Crippen MR) is 62.4 cm³/mol. The molecule has 2 nitrogen and oxygen atoms in total. The molecule has 1 rings (SSSR count). The number of carbonyl (C=O) groups is 1. The number of amides is 1. The molecule has 0 saturated carbocycles. The second-order valence-corrected chi connectivity index (χ2v) is 5.11. The Hall–Kier alpha value is -1.45. The van der Waals surface area contributed by atoms with Gasteiger partial charge in [-0.1, -0.05) is 26.8 Å². The molecule has 17 heavy (non-hydrogen) atoms. The number of hydrogen-bond acceptors (Lipinski definition) is 1. The fourth-order valence-corrected chi connectivity index (χ4v) is 1.34. The number of benzene rings is 1. The normalized spacial score (nSPS) is 13.3. The third kappa shape index (κ3) is 3.51. The molecule has 0 aliphatic carbocycles. The van der Waals surface area contributed by atoms with Crippen molar-refractivity contribution in [3.05, 3.63) is 35.4 Å². The third-order valence-corrected chi connectivity index (χ3v) is 2.46. The Labute approximate surface area is 100 Å². The molecule has 1 N–H and O–H groups in total. The van der Waals surface area contributed by atoms with Gasteiger partial charge in [-0.2, -0.15) is 0 Å². The summed E-state index contributed by atoms with van der Waals surface area (Å²) in [6, 6.07) is 2.85. The van der Waals surface area contributed by atoms with Crippen LogP contribution < -0.4 is 5.32 Å². The zero-order chi connectivity index (χ0) is 13.2. The summed E-state index contributed by atoms with van der Waals surface area (Å²) < 4.78 is 26.2. The molecule has 0 bridgehead atoms. The molecule has 0 saturated heterocycles. The molecule has 0 radical (unpaired) electrons. The average molecular weight is 241 g/mol. The first kappa shape index (κ1) is 13.6. The van der Waals surface area contributed by atoms with E-state index in [0.29, 0.717) is 0 Å². The molecule has 1 aromatic rings. The summed E-state index contributed by atoms with van der Waals surface area (Å²) in [5, 5.41) is 2.70. The van der Waals surface area contributed by atoms with Gasteiger partial charge in [0.15, 0.2) is 0 Å². The monoisotopic (exact) mass is 241 g/mol. The van der Waals surface area contributed by atoms with E-state index in [4.69, 9.17) is 0 Å². The van der Waals surface area contributed by atoms with Crippen LogP contribution in [0.5, 0.6) is 0 Å². The van der Waals surface area contributed by atoms with Crippen molar-refractivity contribution in [2.45, 2.75) is 33.7 Å². The van der Waals surface area contributed by atoms with Crippen molar-refractivity contribution >= 4 is 5.91 Å². The van der Waals surface area contributed by atoms with E-state index >= 15 is 0 Å². The van der Waals surface area contributed by atoms with E-state index in [2.05, 4.69) is 5.32 Å². The number of carbonyl (C=O) groups excluding carboxylic acids is 1. The smallest absolute Gasteiger partial charge is 0.225 e. The zero-order valence-electron chi connectivity index (χ0n) is 10.5. The maximum Gasteiger partial charge on any atom is 0.225 e. The van der Waals surface area contributed by atoms with Gasteiger partial charge >= 0.3 is 0 Å². The Morgan fingerprint density at radius 1 is 1.29 bits per heavy atom. The lowest BCUT2D eigenvalue weighted by molar-refractivity contribution is -0.129. The van der Waals surface area contributed by atoms with Crippen molar-refractivity contribution in [2.24, 2.45) is 5.41 Å². The first-order chi connectivity index (χ1) is 7.71. The Kier molecular flexibility index (Phi) is 3.86. The maximum atomic E-state index is 13.5. The second-order valence-electron chi connectivity index (χ2n) is 5.11. The van der Waals surface area contributed by atoms with Crippen molar-refractivity contribution in [1.82, 2.24) is 5.32 Å². The molecule has 1 atom stereocenters. The van der Waals surface area contributed by atoms with E-state index < -0.39 is 23.1 Å². The van der Waals surface area contributed by atoms with Crippen LogP contribution in [0, 0.1) is 17.0 Å². The van der Waals surface area contributed by atoms with Gasteiger partial charge < -0.3 is 5.32 Å². The van der Waals surface area contributed by atoms with Crippen LogP contribution in [-0.2, 0) is 4.79 Å². The van der Waals surface area contributed by atoms with Crippen molar-refractivity contribution in [1.29, 1.82) is 0 Å². The summed E-state index contributed by atoms with van der Waals surface area (Å²) in [6.45, 7) is 6.99. The number of halogens is 2. The lowest BCUT2D eigenvalue weighted by Gasteiger charge is -2.22. The highest BCUT2D eigenvalue weighted by atomic mass is 19.1. The molecular formula is C13H17F2NO. The average Bonchev–Trinajstić information content (AvgIpc) is 2.15. The lowest BCUT2D eigenvalue weighted by atomic mass is 9.94. The molecule has 1 amide bonds. The molecule has 0 spiro atoms. The van der Waals surface area contributed by atoms with Crippen LogP contribution in [-0.4, -0.2) is 5.91 Å². The van der Waals surface area contributed by atoms with Gasteiger partial charge in [0.25, 0.3) is 0 Å². The summed E-state index contributed by atoms with van der Waals surface area (Å²) in [5.74, 6) is -1.44. The zero-order valence-corrected chi connectivity index (χ0v) is 10.5. The molecule has 1 unspecified atom stereocenters. The number of rotatable bonds is 2. The minimum Gasteiger partial charge on any atom is -0.349 e. The number of nitrogens with one attached hydrogen (secondary N) is 1. The first-order valence-corrected chi connectivity index (χ1v) is 5.47. The van der Waals surface area contributed by atoms with E-state index in [1.165, 1.54) is 12.1 Å². The van der Waals surface area contributed by atoms with E-state index in [9.17, 15) is 13.6 Å². The Balaban J connectivity index is 2.84. The summed E-state index contributed by atoms with van der Waals surface area (Å²) in [7, 11) is 0. The molecule has 4 heteroatoms. The summed E-state index contributed by atoms with van der Waals surface area (Å²) in [4.78, 5) is 11.7. The van der Waals surface area contributed by atoms with Crippen LogP contribution in [0.2, 0.25) is 0 Å². The van der Waals surface area contributed by atoms with Crippen molar-refractivity contribution in [2.75, 3.05) is 0 Å². The van der Waals surface area contributed by atoms with Gasteiger partial charge in [0.2, 0.25) is 5.91 Å². The topological polar surface area (TPSA) is 29.1 Å². The van der Waals surface area contributed by atoms with Crippen molar-refractivity contribution in [3.8, 4) is 0 Å². The lowest BCUT2D eigenvalue weighted by Crippen LogP contribution is -2.36. The van der Waals surface area contributed by atoms with Crippen LogP contribution in [0.1, 0.15) is 39.3 Å². The first-order valence-electron chi connectivity index (χ1n) is 5.47. The van der Waals surface area contributed by atoms with E-state index in [0.717, 1.165) is 6.07 Å². The minimum atomic E-state index is -0.647. The predicted octanol–water partition coefficient (Wildman–Crippen LogP) is 3.19. The van der Waals surface area contributed by atoms with Gasteiger partial charge in [-0.05, 0) is 13.0 Å². The highest BCUT2D eigenvalue weighted by Gasteiger charge is 2.23. The van der Waals surface area contributed by atoms with Crippen LogP contribution in [0.15, 0.2) is 18.2 Å². The third-order valence-electron chi connectivity index (χ3n) is 2.46. The SMILES string of the molecule is CC(NC(=O)C(C)(C)C)c1ccc(F)cc1F. The second kappa shape index (κ2) is 4.82. The molecule has 0 aliphatic heterocycles. The Bertz CT molecular complexity index is 424. The fourth-order valence-electron chi connectivity index (χ4n) is 1.34. The Morgan fingerprint density at radius 2 is 1.88 bits per heavy atom. The summed E-state index contributed by atoms with van der Waals surface area (Å²) in [6.07, 6.45) is 0. The van der Waals surface area contributed by atoms with Crippen molar-refractivity contribution in [3.63, 3.8) is 0 Å². The van der Waals surface area contributed by atoms with Gasteiger partial charge in [-0.15, -0.1) is 0 Å². The van der Waals surface area contributed by atoms with Gasteiger partial charge in [-0.3, -0.25) is 4.79 Å². The Morgan fingerprint density at radius 3 is 2.35 bits per heavy atom. The molecule has 1 aromatic carbocycles. The maximum absolute atomic E-state index is 13.5. The van der Waals surface area contributed by atoms with Crippen LogP contribution in [0.4, 0.5) is 8.78 Å². The van der Waals surface area contributed by atoms with Crippen molar-refractivity contribution < 1.29 is 13.6 Å². The fraction of sp³-hybridized carbons (Fsp3) is 0.462. The van der Waals surface area contributed by atoms with Gasteiger partial charge in [0.05, 0.1) is 6.04 Å². The summed E-state index contributed by atoms with van der Waals surface area (Å²) in [5.41, 5.74) is -0.255. The van der Waals surface area contributed by atoms with E-state index in [1.807, 2.05) is 0 Å². The molecule has 0 heterocycles.